The first-order chi connectivity index (χ1) is 9.14. The van der Waals surface area contributed by atoms with Gasteiger partial charge >= 0.3 is 0 Å². The Bertz CT molecular complexity index is 403. The van der Waals surface area contributed by atoms with Gasteiger partial charge in [0.2, 0.25) is 12.3 Å². The molecule has 0 bridgehead atoms. The summed E-state index contributed by atoms with van der Waals surface area (Å²) in [5.41, 5.74) is -0.615. The van der Waals surface area contributed by atoms with Crippen LogP contribution in [0.5, 0.6) is 0 Å². The average Bonchev–Trinajstić information content (AvgIpc) is 2.90. The van der Waals surface area contributed by atoms with E-state index in [1.807, 2.05) is 30.3 Å². The number of carbonyl (C=O) groups excluding carboxylic acids is 2. The molecule has 0 atom stereocenters. The molecule has 1 aromatic rings. The van der Waals surface area contributed by atoms with Gasteiger partial charge in [0.1, 0.15) is 5.54 Å². The summed E-state index contributed by atoms with van der Waals surface area (Å²) in [5, 5.41) is 5.19. The van der Waals surface area contributed by atoms with Gasteiger partial charge in [0.15, 0.2) is 0 Å². The maximum Gasteiger partial charge on any atom is 0.245 e. The molecule has 0 unspecified atom stereocenters. The zero-order valence-electron chi connectivity index (χ0n) is 11.0. The number of rotatable bonds is 3. The molecule has 1 aliphatic rings. The van der Waals surface area contributed by atoms with Crippen LogP contribution in [0.2, 0.25) is 0 Å². The minimum absolute atomic E-state index is 0.0768. The monoisotopic (exact) mass is 326 g/mol. The van der Waals surface area contributed by atoms with Crippen molar-refractivity contribution < 1.29 is 9.59 Å². The van der Waals surface area contributed by atoms with Crippen LogP contribution in [0.3, 0.4) is 0 Å². The largest absolute Gasteiger partial charge is 0.357 e. The summed E-state index contributed by atoms with van der Waals surface area (Å²) in [5.74, 6) is -0.0768. The Morgan fingerprint density at radius 3 is 2.21 bits per heavy atom. The van der Waals surface area contributed by atoms with Crippen LogP contribution in [0.1, 0.15) is 25.7 Å². The first-order valence-corrected chi connectivity index (χ1v) is 7.08. The number of amides is 2. The lowest BCUT2D eigenvalue weighted by Crippen LogP contribution is -2.53. The predicted octanol–water partition coefficient (Wildman–Crippen LogP) is 2.24. The number of hydrogen-bond acceptors (Lipinski definition) is 2. The molecule has 0 aliphatic heterocycles. The van der Waals surface area contributed by atoms with Gasteiger partial charge in [0.25, 0.3) is 0 Å². The lowest BCUT2D eigenvalue weighted by Gasteiger charge is -2.25. The van der Waals surface area contributed by atoms with Crippen molar-refractivity contribution in [2.24, 2.45) is 0 Å². The number of nitrogens with one attached hydrogen (secondary N) is 2. The highest BCUT2D eigenvalue weighted by Gasteiger charge is 2.39. The predicted molar refractivity (Wildman–Crippen MR) is 78.6 cm³/mol. The quantitative estimate of drug-likeness (QED) is 0.837. The van der Waals surface area contributed by atoms with Crippen molar-refractivity contribution in [1.29, 1.82) is 0 Å². The van der Waals surface area contributed by atoms with Crippen LogP contribution in [-0.2, 0) is 9.59 Å². The van der Waals surface area contributed by atoms with Crippen molar-refractivity contribution in [3.63, 3.8) is 0 Å². The number of likely N-dealkylation sites (N-methyl/N-ethyl adjacent to an activating group) is 1. The highest BCUT2D eigenvalue weighted by atomic mass is 79.9. The van der Waals surface area contributed by atoms with E-state index in [0.717, 1.165) is 30.2 Å². The summed E-state index contributed by atoms with van der Waals surface area (Å²) >= 11 is 3.31. The summed E-state index contributed by atoms with van der Waals surface area (Å²) in [6.07, 6.45) is 4.14. The molecule has 2 amide bonds. The van der Waals surface area contributed by atoms with Gasteiger partial charge in [0, 0.05) is 11.5 Å². The van der Waals surface area contributed by atoms with E-state index in [1.165, 1.54) is 0 Å². The van der Waals surface area contributed by atoms with E-state index in [2.05, 4.69) is 26.6 Å². The van der Waals surface area contributed by atoms with Crippen LogP contribution in [0.4, 0.5) is 0 Å². The lowest BCUT2D eigenvalue weighted by molar-refractivity contribution is -0.129. The second-order valence-corrected chi connectivity index (χ2v) is 5.34. The molecule has 0 heterocycles. The molecular formula is C14H19BrN2O2. The second kappa shape index (κ2) is 7.94. The van der Waals surface area contributed by atoms with Gasteiger partial charge in [-0.25, -0.2) is 0 Å². The first-order valence-electron chi connectivity index (χ1n) is 6.29. The molecular weight excluding hydrogens is 308 g/mol. The third-order valence-electron chi connectivity index (χ3n) is 3.19. The van der Waals surface area contributed by atoms with E-state index >= 15 is 0 Å². The summed E-state index contributed by atoms with van der Waals surface area (Å²) in [7, 11) is 1.59. The number of benzene rings is 1. The molecule has 2 rings (SSSR count). The van der Waals surface area contributed by atoms with Crippen LogP contribution >= 0.6 is 15.9 Å². The average molecular weight is 327 g/mol. The van der Waals surface area contributed by atoms with Crippen LogP contribution in [0.15, 0.2) is 34.8 Å². The van der Waals surface area contributed by atoms with Crippen LogP contribution < -0.4 is 10.6 Å². The minimum atomic E-state index is -0.615. The Morgan fingerprint density at radius 1 is 1.26 bits per heavy atom. The van der Waals surface area contributed by atoms with Crippen molar-refractivity contribution in [2.75, 3.05) is 7.05 Å². The Kier molecular flexibility index (Phi) is 6.56. The van der Waals surface area contributed by atoms with Crippen LogP contribution in [0.25, 0.3) is 0 Å². The van der Waals surface area contributed by atoms with Gasteiger partial charge in [-0.1, -0.05) is 47.0 Å². The Balaban J connectivity index is 0.000000218. The fourth-order valence-corrected chi connectivity index (χ4v) is 2.49. The summed E-state index contributed by atoms with van der Waals surface area (Å²) in [6.45, 7) is 0. The molecule has 4 nitrogen and oxygen atoms in total. The van der Waals surface area contributed by atoms with E-state index in [-0.39, 0.29) is 5.91 Å². The van der Waals surface area contributed by atoms with E-state index in [1.54, 1.807) is 7.05 Å². The van der Waals surface area contributed by atoms with Crippen molar-refractivity contribution in [3.05, 3.63) is 34.8 Å². The van der Waals surface area contributed by atoms with Gasteiger partial charge in [0.05, 0.1) is 0 Å². The molecule has 19 heavy (non-hydrogen) atoms. The second-order valence-electron chi connectivity index (χ2n) is 4.43. The van der Waals surface area contributed by atoms with Gasteiger partial charge in [-0.05, 0) is 25.0 Å². The zero-order chi connectivity index (χ0) is 14.1. The standard InChI is InChI=1S/C8H14N2O2.C6H5Br/c1-9-7(12)8(10-6-11)4-2-3-5-8;7-6-4-2-1-3-5-6/h6H,2-5H2,1H3,(H,9,12)(H,10,11);1-5H. The molecule has 1 aromatic carbocycles. The van der Waals surface area contributed by atoms with E-state index < -0.39 is 5.54 Å². The van der Waals surface area contributed by atoms with Crippen molar-refractivity contribution in [1.82, 2.24) is 10.6 Å². The zero-order valence-corrected chi connectivity index (χ0v) is 12.6. The maximum atomic E-state index is 11.4. The molecule has 1 fully saturated rings. The third-order valence-corrected chi connectivity index (χ3v) is 3.72. The summed E-state index contributed by atoms with van der Waals surface area (Å²) in [4.78, 5) is 21.7. The van der Waals surface area contributed by atoms with Gasteiger partial charge in [-0.2, -0.15) is 0 Å². The van der Waals surface area contributed by atoms with E-state index in [0.29, 0.717) is 6.41 Å². The first kappa shape index (κ1) is 15.7. The number of halogens is 1. The number of carbonyl (C=O) groups is 2. The maximum absolute atomic E-state index is 11.4. The summed E-state index contributed by atoms with van der Waals surface area (Å²) in [6, 6.07) is 9.97. The highest BCUT2D eigenvalue weighted by Crippen LogP contribution is 2.29. The molecule has 0 radical (unpaired) electrons. The fraction of sp³-hybridized carbons (Fsp3) is 0.429. The fourth-order valence-electron chi connectivity index (χ4n) is 2.18. The topological polar surface area (TPSA) is 58.2 Å². The Hall–Kier alpha value is -1.36. The van der Waals surface area contributed by atoms with Gasteiger partial charge < -0.3 is 10.6 Å². The molecule has 1 saturated carbocycles. The minimum Gasteiger partial charge on any atom is -0.357 e. The summed E-state index contributed by atoms with van der Waals surface area (Å²) < 4.78 is 1.13. The normalized spacial score (nSPS) is 15.9. The Labute approximate surface area is 122 Å². The lowest BCUT2D eigenvalue weighted by atomic mass is 9.97. The van der Waals surface area contributed by atoms with Crippen molar-refractivity contribution in [2.45, 2.75) is 31.2 Å². The molecule has 0 spiro atoms. The van der Waals surface area contributed by atoms with Crippen molar-refractivity contribution >= 4 is 28.2 Å². The van der Waals surface area contributed by atoms with Gasteiger partial charge in [-0.15, -0.1) is 0 Å². The smallest absolute Gasteiger partial charge is 0.245 e. The molecule has 2 N–H and O–H groups in total. The number of hydrogen-bond donors (Lipinski definition) is 2. The SMILES string of the molecule is Brc1ccccc1.CNC(=O)C1(NC=O)CCCC1. The third kappa shape index (κ3) is 4.67. The molecule has 5 heteroatoms. The molecule has 1 aliphatic carbocycles. The Morgan fingerprint density at radius 2 is 1.84 bits per heavy atom. The van der Waals surface area contributed by atoms with Crippen molar-refractivity contribution in [3.8, 4) is 0 Å². The van der Waals surface area contributed by atoms with Gasteiger partial charge in [-0.3, -0.25) is 9.59 Å². The molecule has 104 valence electrons. The molecule has 0 saturated heterocycles. The van der Waals surface area contributed by atoms with E-state index in [9.17, 15) is 9.59 Å². The highest BCUT2D eigenvalue weighted by molar-refractivity contribution is 9.10. The van der Waals surface area contributed by atoms with E-state index in [4.69, 9.17) is 0 Å². The molecule has 0 aromatic heterocycles. The van der Waals surface area contributed by atoms with Crippen LogP contribution in [-0.4, -0.2) is 24.9 Å². The van der Waals surface area contributed by atoms with Crippen LogP contribution in [0, 0.1) is 0 Å².